The van der Waals surface area contributed by atoms with Gasteiger partial charge < -0.3 is 14.8 Å². The van der Waals surface area contributed by atoms with Gasteiger partial charge in [-0.05, 0) is 43.2 Å². The van der Waals surface area contributed by atoms with Crippen LogP contribution in [0.2, 0.25) is 0 Å². The minimum atomic E-state index is -0.707. The fourth-order valence-electron chi connectivity index (χ4n) is 2.43. The van der Waals surface area contributed by atoms with Crippen molar-refractivity contribution in [1.29, 1.82) is 0 Å². The minimum Gasteiger partial charge on any atom is -0.481 e. The molecule has 2 aromatic carbocycles. The van der Waals surface area contributed by atoms with E-state index in [1.807, 2.05) is 18.2 Å². The topological polar surface area (TPSA) is 64.6 Å². The number of ether oxygens (including phenoxy) is 2. The predicted molar refractivity (Wildman–Crippen MR) is 95.2 cm³/mol. The average Bonchev–Trinajstić information content (AvgIpc) is 2.66. The maximum atomic E-state index is 13.0. The van der Waals surface area contributed by atoms with Crippen LogP contribution in [0, 0.1) is 11.7 Å². The molecule has 0 spiro atoms. The van der Waals surface area contributed by atoms with Crippen LogP contribution in [-0.4, -0.2) is 31.6 Å². The molecule has 138 valence electrons. The highest BCUT2D eigenvalue weighted by Gasteiger charge is 2.22. The first kappa shape index (κ1) is 19.4. The van der Waals surface area contributed by atoms with Crippen LogP contribution in [0.25, 0.3) is 0 Å². The number of benzene rings is 2. The van der Waals surface area contributed by atoms with Gasteiger partial charge in [0, 0.05) is 6.54 Å². The molecule has 0 aliphatic rings. The highest BCUT2D eigenvalue weighted by Crippen LogP contribution is 2.13. The molecule has 0 heterocycles. The fourth-order valence-corrected chi connectivity index (χ4v) is 2.43. The number of nitrogens with one attached hydrogen (secondary N) is 1. The second-order valence-electron chi connectivity index (χ2n) is 5.87. The van der Waals surface area contributed by atoms with Crippen molar-refractivity contribution in [2.45, 2.75) is 19.4 Å². The fraction of sp³-hybridized carbons (Fsp3) is 0.300. The summed E-state index contributed by atoms with van der Waals surface area (Å²) < 4.78 is 23.4. The lowest BCUT2D eigenvalue weighted by molar-refractivity contribution is -0.145. The molecular weight excluding hydrogens is 337 g/mol. The summed E-state index contributed by atoms with van der Waals surface area (Å²) in [6.45, 7) is 1.74. The van der Waals surface area contributed by atoms with Crippen molar-refractivity contribution in [1.82, 2.24) is 5.32 Å². The lowest BCUT2D eigenvalue weighted by atomic mass is 9.99. The Morgan fingerprint density at radius 1 is 1.08 bits per heavy atom. The van der Waals surface area contributed by atoms with Gasteiger partial charge in [-0.15, -0.1) is 0 Å². The van der Waals surface area contributed by atoms with Gasteiger partial charge >= 0.3 is 5.97 Å². The Kier molecular flexibility index (Phi) is 7.14. The number of carbonyl (C=O) groups excluding carboxylic acids is 2. The van der Waals surface area contributed by atoms with Crippen LogP contribution in [0.3, 0.4) is 0 Å². The van der Waals surface area contributed by atoms with Crippen molar-refractivity contribution in [2.24, 2.45) is 5.92 Å². The summed E-state index contributed by atoms with van der Waals surface area (Å²) in [7, 11) is 1.29. The molecule has 2 rings (SSSR count). The van der Waals surface area contributed by atoms with Gasteiger partial charge in [0.15, 0.2) is 6.10 Å². The summed E-state index contributed by atoms with van der Waals surface area (Å²) in [6, 6.07) is 14.9. The lowest BCUT2D eigenvalue weighted by Crippen LogP contribution is -2.41. The molecule has 1 amide bonds. The molecule has 6 heteroatoms. The molecule has 0 unspecified atom stereocenters. The van der Waals surface area contributed by atoms with Crippen LogP contribution in [0.4, 0.5) is 4.39 Å². The van der Waals surface area contributed by atoms with Gasteiger partial charge in [-0.3, -0.25) is 9.59 Å². The maximum Gasteiger partial charge on any atom is 0.310 e. The maximum absolute atomic E-state index is 13.0. The van der Waals surface area contributed by atoms with Crippen molar-refractivity contribution < 1.29 is 23.5 Å². The predicted octanol–water partition coefficient (Wildman–Crippen LogP) is 2.74. The molecule has 0 fully saturated rings. The monoisotopic (exact) mass is 359 g/mol. The largest absolute Gasteiger partial charge is 0.481 e. The molecule has 0 saturated carbocycles. The molecular formula is C20H22FNO4. The molecule has 0 aliphatic heterocycles. The van der Waals surface area contributed by atoms with Crippen LogP contribution < -0.4 is 10.1 Å². The Morgan fingerprint density at radius 2 is 1.73 bits per heavy atom. The zero-order valence-corrected chi connectivity index (χ0v) is 14.8. The van der Waals surface area contributed by atoms with E-state index >= 15 is 0 Å². The van der Waals surface area contributed by atoms with E-state index in [1.54, 1.807) is 31.2 Å². The standard InChI is InChI=1S/C20H22FNO4/c1-14(26-18-6-4-3-5-7-18)19(23)22-13-16(20(24)25-2)12-15-8-10-17(21)11-9-15/h3-11,14,16H,12-13H2,1-2H3,(H,22,23)/t14-,16+/m0/s1. The quantitative estimate of drug-likeness (QED) is 0.736. The number of rotatable bonds is 8. The number of para-hydroxylation sites is 1. The van der Waals surface area contributed by atoms with Gasteiger partial charge in [-0.1, -0.05) is 30.3 Å². The molecule has 0 bridgehead atoms. The molecule has 5 nitrogen and oxygen atoms in total. The third kappa shape index (κ3) is 5.88. The van der Waals surface area contributed by atoms with Gasteiger partial charge in [0.2, 0.25) is 0 Å². The second kappa shape index (κ2) is 9.56. The smallest absolute Gasteiger partial charge is 0.310 e. The van der Waals surface area contributed by atoms with Crippen LogP contribution >= 0.6 is 0 Å². The van der Waals surface area contributed by atoms with E-state index in [2.05, 4.69) is 5.32 Å². The van der Waals surface area contributed by atoms with Crippen molar-refractivity contribution in [3.05, 3.63) is 66.0 Å². The van der Waals surface area contributed by atoms with Crippen LogP contribution in [-0.2, 0) is 20.7 Å². The molecule has 0 radical (unpaired) electrons. The number of carbonyl (C=O) groups is 2. The Hall–Kier alpha value is -2.89. The third-order valence-corrected chi connectivity index (χ3v) is 3.88. The highest BCUT2D eigenvalue weighted by atomic mass is 19.1. The summed E-state index contributed by atoms with van der Waals surface area (Å²) in [5.41, 5.74) is 0.782. The summed E-state index contributed by atoms with van der Waals surface area (Å²) in [5.74, 6) is -1.10. The first-order valence-corrected chi connectivity index (χ1v) is 8.31. The zero-order valence-electron chi connectivity index (χ0n) is 14.8. The van der Waals surface area contributed by atoms with Gasteiger partial charge in [0.05, 0.1) is 13.0 Å². The minimum absolute atomic E-state index is 0.103. The summed E-state index contributed by atoms with van der Waals surface area (Å²) in [4.78, 5) is 24.2. The molecule has 1 N–H and O–H groups in total. The number of esters is 1. The Bertz CT molecular complexity index is 718. The van der Waals surface area contributed by atoms with Crippen molar-refractivity contribution in [2.75, 3.05) is 13.7 Å². The summed E-state index contributed by atoms with van der Waals surface area (Å²) in [5, 5.41) is 2.71. The van der Waals surface area contributed by atoms with E-state index in [0.717, 1.165) is 5.56 Å². The molecule has 0 aliphatic carbocycles. The van der Waals surface area contributed by atoms with Crippen molar-refractivity contribution >= 4 is 11.9 Å². The summed E-state index contributed by atoms with van der Waals surface area (Å²) >= 11 is 0. The van der Waals surface area contributed by atoms with E-state index in [-0.39, 0.29) is 18.3 Å². The van der Waals surface area contributed by atoms with Crippen molar-refractivity contribution in [3.8, 4) is 5.75 Å². The van der Waals surface area contributed by atoms with Gasteiger partial charge in [0.1, 0.15) is 11.6 Å². The van der Waals surface area contributed by atoms with E-state index in [9.17, 15) is 14.0 Å². The molecule has 2 aromatic rings. The van der Waals surface area contributed by atoms with E-state index in [4.69, 9.17) is 9.47 Å². The summed E-state index contributed by atoms with van der Waals surface area (Å²) in [6.07, 6.45) is -0.372. The average molecular weight is 359 g/mol. The van der Waals surface area contributed by atoms with Gasteiger partial charge in [0.25, 0.3) is 5.91 Å². The van der Waals surface area contributed by atoms with E-state index in [0.29, 0.717) is 12.2 Å². The highest BCUT2D eigenvalue weighted by molar-refractivity contribution is 5.81. The molecule has 0 saturated heterocycles. The number of amides is 1. The van der Waals surface area contributed by atoms with Gasteiger partial charge in [-0.25, -0.2) is 4.39 Å². The SMILES string of the molecule is COC(=O)[C@@H](CNC(=O)[C@H](C)Oc1ccccc1)Cc1ccc(F)cc1. The second-order valence-corrected chi connectivity index (χ2v) is 5.87. The molecule has 26 heavy (non-hydrogen) atoms. The Balaban J connectivity index is 1.92. The first-order valence-electron chi connectivity index (χ1n) is 8.31. The van der Waals surface area contributed by atoms with Crippen LogP contribution in [0.5, 0.6) is 5.75 Å². The van der Waals surface area contributed by atoms with Crippen LogP contribution in [0.1, 0.15) is 12.5 Å². The van der Waals surface area contributed by atoms with E-state index in [1.165, 1.54) is 19.2 Å². The lowest BCUT2D eigenvalue weighted by Gasteiger charge is -2.18. The Morgan fingerprint density at radius 3 is 2.35 bits per heavy atom. The number of hydrogen-bond donors (Lipinski definition) is 1. The number of halogens is 1. The van der Waals surface area contributed by atoms with E-state index < -0.39 is 18.0 Å². The van der Waals surface area contributed by atoms with Gasteiger partial charge in [-0.2, -0.15) is 0 Å². The Labute approximate surface area is 152 Å². The molecule has 2 atom stereocenters. The normalized spacial score (nSPS) is 12.7. The molecule has 0 aromatic heterocycles. The number of hydrogen-bond acceptors (Lipinski definition) is 4. The number of methoxy groups -OCH3 is 1. The zero-order chi connectivity index (χ0) is 18.9. The third-order valence-electron chi connectivity index (χ3n) is 3.88. The first-order chi connectivity index (χ1) is 12.5. The van der Waals surface area contributed by atoms with Crippen LogP contribution in [0.15, 0.2) is 54.6 Å². The van der Waals surface area contributed by atoms with Crippen molar-refractivity contribution in [3.63, 3.8) is 0 Å².